The van der Waals surface area contributed by atoms with E-state index in [0.717, 1.165) is 11.3 Å². The minimum Gasteiger partial charge on any atom is -0.481 e. The van der Waals surface area contributed by atoms with Gasteiger partial charge in [0.25, 0.3) is 0 Å². The Hall–Kier alpha value is -1.00. The number of hydrogen-bond donors (Lipinski definition) is 1. The van der Waals surface area contributed by atoms with Gasteiger partial charge in [-0.25, -0.2) is 0 Å². The zero-order valence-electron chi connectivity index (χ0n) is 9.00. The van der Waals surface area contributed by atoms with Crippen molar-refractivity contribution < 1.29 is 9.90 Å². The van der Waals surface area contributed by atoms with Crippen molar-refractivity contribution >= 4 is 29.2 Å². The molecule has 1 aromatic rings. The summed E-state index contributed by atoms with van der Waals surface area (Å²) in [5.74, 6) is -0.871. The quantitative estimate of drug-likeness (QED) is 0.907. The second-order valence-corrected chi connectivity index (χ2v) is 4.14. The van der Waals surface area contributed by atoms with E-state index in [-0.39, 0.29) is 6.42 Å². The van der Waals surface area contributed by atoms with Gasteiger partial charge in [0.1, 0.15) is 0 Å². The number of aryl methyl sites for hydroxylation is 1. The van der Waals surface area contributed by atoms with E-state index in [0.29, 0.717) is 17.3 Å². The average molecular weight is 263 g/mol. The molecule has 88 valence electrons. The van der Waals surface area contributed by atoms with Gasteiger partial charge < -0.3 is 5.11 Å². The first-order chi connectivity index (χ1) is 7.45. The van der Waals surface area contributed by atoms with Crippen molar-refractivity contribution in [1.82, 2.24) is 9.78 Å². The van der Waals surface area contributed by atoms with E-state index in [1.807, 2.05) is 6.92 Å². The topological polar surface area (TPSA) is 55.1 Å². The summed E-state index contributed by atoms with van der Waals surface area (Å²) in [6.45, 7) is 3.95. The van der Waals surface area contributed by atoms with Crippen LogP contribution in [-0.2, 0) is 17.8 Å². The molecule has 1 heterocycles. The Morgan fingerprint density at radius 3 is 2.69 bits per heavy atom. The van der Waals surface area contributed by atoms with E-state index in [9.17, 15) is 4.79 Å². The van der Waals surface area contributed by atoms with Gasteiger partial charge in [-0.15, -0.1) is 0 Å². The molecule has 0 unspecified atom stereocenters. The fraction of sp³-hybridized carbons (Fsp3) is 0.400. The highest BCUT2D eigenvalue weighted by atomic mass is 35.5. The normalized spacial score (nSPS) is 11.9. The predicted octanol–water partition coefficient (Wildman–Crippen LogP) is 2.45. The molecule has 1 N–H and O–H groups in total. The van der Waals surface area contributed by atoms with Gasteiger partial charge in [-0.3, -0.25) is 9.48 Å². The largest absolute Gasteiger partial charge is 0.481 e. The van der Waals surface area contributed by atoms with Crippen LogP contribution in [0.3, 0.4) is 0 Å². The Morgan fingerprint density at radius 1 is 1.56 bits per heavy atom. The molecule has 6 heteroatoms. The summed E-state index contributed by atoms with van der Waals surface area (Å²) in [6.07, 6.45) is -0.0279. The fourth-order valence-corrected chi connectivity index (χ4v) is 1.65. The lowest BCUT2D eigenvalue weighted by atomic mass is 10.1. The third-order valence-electron chi connectivity index (χ3n) is 2.28. The van der Waals surface area contributed by atoms with E-state index in [2.05, 4.69) is 5.10 Å². The van der Waals surface area contributed by atoms with Crippen molar-refractivity contribution in [1.29, 1.82) is 0 Å². The molecule has 1 rings (SSSR count). The van der Waals surface area contributed by atoms with Crippen LogP contribution in [-0.4, -0.2) is 20.9 Å². The Morgan fingerprint density at radius 2 is 2.19 bits per heavy atom. The predicted molar refractivity (Wildman–Crippen MR) is 62.8 cm³/mol. The highest BCUT2D eigenvalue weighted by Gasteiger charge is 2.14. The van der Waals surface area contributed by atoms with Crippen LogP contribution < -0.4 is 0 Å². The molecule has 0 aliphatic heterocycles. The zero-order chi connectivity index (χ0) is 12.3. The SMILES string of the molecule is Cc1nn(CC(Cl)=CCl)c(C)c1CC(=O)O. The molecule has 0 amide bonds. The van der Waals surface area contributed by atoms with Gasteiger partial charge in [0.2, 0.25) is 0 Å². The van der Waals surface area contributed by atoms with Gasteiger partial charge in [0.15, 0.2) is 0 Å². The van der Waals surface area contributed by atoms with Gasteiger partial charge >= 0.3 is 5.97 Å². The van der Waals surface area contributed by atoms with Crippen molar-refractivity contribution in [3.63, 3.8) is 0 Å². The van der Waals surface area contributed by atoms with Crippen LogP contribution in [0.4, 0.5) is 0 Å². The maximum Gasteiger partial charge on any atom is 0.307 e. The molecule has 0 aromatic carbocycles. The summed E-state index contributed by atoms with van der Waals surface area (Å²) in [4.78, 5) is 10.7. The maximum atomic E-state index is 10.7. The summed E-state index contributed by atoms with van der Waals surface area (Å²) >= 11 is 11.2. The molecular formula is C10H12Cl2N2O2. The van der Waals surface area contributed by atoms with Crippen molar-refractivity contribution in [3.8, 4) is 0 Å². The smallest absolute Gasteiger partial charge is 0.307 e. The molecule has 0 radical (unpaired) electrons. The number of allylic oxidation sites excluding steroid dienone is 1. The van der Waals surface area contributed by atoms with Crippen molar-refractivity contribution in [2.24, 2.45) is 0 Å². The summed E-state index contributed by atoms with van der Waals surface area (Å²) in [7, 11) is 0. The summed E-state index contributed by atoms with van der Waals surface area (Å²) < 4.78 is 1.65. The molecule has 0 saturated heterocycles. The average Bonchev–Trinajstić information content (AvgIpc) is 2.45. The second-order valence-electron chi connectivity index (χ2n) is 3.43. The molecule has 0 saturated carbocycles. The van der Waals surface area contributed by atoms with E-state index in [1.54, 1.807) is 11.6 Å². The highest BCUT2D eigenvalue weighted by Crippen LogP contribution is 2.16. The number of nitrogens with zero attached hydrogens (tertiary/aromatic N) is 2. The molecule has 4 nitrogen and oxygen atoms in total. The summed E-state index contributed by atoms with van der Waals surface area (Å²) in [5.41, 5.74) is 3.51. The Balaban J connectivity index is 3.01. The lowest BCUT2D eigenvalue weighted by Crippen LogP contribution is -2.05. The number of aromatic nitrogens is 2. The van der Waals surface area contributed by atoms with E-state index < -0.39 is 5.97 Å². The first-order valence-corrected chi connectivity index (χ1v) is 5.46. The first kappa shape index (κ1) is 13.1. The zero-order valence-corrected chi connectivity index (χ0v) is 10.5. The molecular weight excluding hydrogens is 251 g/mol. The van der Waals surface area contributed by atoms with Gasteiger partial charge in [0, 0.05) is 16.8 Å². The Bertz CT molecular complexity index is 438. The van der Waals surface area contributed by atoms with Crippen molar-refractivity contribution in [3.05, 3.63) is 27.5 Å². The first-order valence-electron chi connectivity index (χ1n) is 4.65. The molecule has 0 spiro atoms. The third kappa shape index (κ3) is 3.00. The standard InChI is InChI=1S/C10H12Cl2N2O2/c1-6-9(3-10(15)16)7(2)14(13-6)5-8(12)4-11/h4H,3,5H2,1-2H3,(H,15,16). The number of rotatable bonds is 4. The molecule has 0 aliphatic carbocycles. The third-order valence-corrected chi connectivity index (χ3v) is 2.88. The maximum absolute atomic E-state index is 10.7. The van der Waals surface area contributed by atoms with Gasteiger partial charge in [0.05, 0.1) is 23.7 Å². The number of carbonyl (C=O) groups is 1. The van der Waals surface area contributed by atoms with Gasteiger partial charge in [-0.1, -0.05) is 23.2 Å². The van der Waals surface area contributed by atoms with E-state index >= 15 is 0 Å². The van der Waals surface area contributed by atoms with E-state index in [4.69, 9.17) is 28.3 Å². The number of carboxylic acids is 1. The number of halogens is 2. The second kappa shape index (κ2) is 5.37. The minimum atomic E-state index is -0.871. The summed E-state index contributed by atoms with van der Waals surface area (Å²) in [6, 6.07) is 0. The minimum absolute atomic E-state index is 0.0279. The van der Waals surface area contributed by atoms with E-state index in [1.165, 1.54) is 5.54 Å². The molecule has 0 aliphatic rings. The molecule has 0 atom stereocenters. The Kier molecular flexibility index (Phi) is 4.38. The molecule has 0 fully saturated rings. The van der Waals surface area contributed by atoms with Crippen LogP contribution >= 0.6 is 23.2 Å². The highest BCUT2D eigenvalue weighted by molar-refractivity contribution is 6.36. The molecule has 0 bridgehead atoms. The van der Waals surface area contributed by atoms with Crippen LogP contribution in [0.5, 0.6) is 0 Å². The summed E-state index contributed by atoms with van der Waals surface area (Å²) in [5, 5.41) is 13.4. The fourth-order valence-electron chi connectivity index (χ4n) is 1.47. The van der Waals surface area contributed by atoms with Gasteiger partial charge in [-0.2, -0.15) is 5.10 Å². The number of carboxylic acid groups (broad SMARTS) is 1. The lowest BCUT2D eigenvalue weighted by Gasteiger charge is -2.03. The van der Waals surface area contributed by atoms with Crippen LogP contribution in [0.1, 0.15) is 17.0 Å². The van der Waals surface area contributed by atoms with Crippen LogP contribution in [0.2, 0.25) is 0 Å². The van der Waals surface area contributed by atoms with Crippen molar-refractivity contribution in [2.75, 3.05) is 0 Å². The monoisotopic (exact) mass is 262 g/mol. The lowest BCUT2D eigenvalue weighted by molar-refractivity contribution is -0.136. The number of aliphatic carboxylic acids is 1. The molecule has 16 heavy (non-hydrogen) atoms. The van der Waals surface area contributed by atoms with Crippen LogP contribution in [0.15, 0.2) is 10.6 Å². The van der Waals surface area contributed by atoms with Crippen molar-refractivity contribution in [2.45, 2.75) is 26.8 Å². The Labute approximate surface area is 103 Å². The van der Waals surface area contributed by atoms with Gasteiger partial charge in [-0.05, 0) is 13.8 Å². The number of hydrogen-bond acceptors (Lipinski definition) is 2. The van der Waals surface area contributed by atoms with Crippen LogP contribution in [0.25, 0.3) is 0 Å². The molecule has 1 aromatic heterocycles. The van der Waals surface area contributed by atoms with Crippen LogP contribution in [0, 0.1) is 13.8 Å².